The van der Waals surface area contributed by atoms with Crippen molar-refractivity contribution in [3.63, 3.8) is 0 Å². The number of hydrogen-bond acceptors (Lipinski definition) is 5. The van der Waals surface area contributed by atoms with Gasteiger partial charge in [0.2, 0.25) is 0 Å². The summed E-state index contributed by atoms with van der Waals surface area (Å²) in [6.45, 7) is 10.8. The number of ether oxygens (including phenoxy) is 3. The van der Waals surface area contributed by atoms with E-state index in [1.165, 1.54) is 5.56 Å². The van der Waals surface area contributed by atoms with Crippen molar-refractivity contribution in [3.8, 4) is 17.6 Å². The van der Waals surface area contributed by atoms with E-state index < -0.39 is 6.10 Å². The van der Waals surface area contributed by atoms with Gasteiger partial charge in [-0.05, 0) is 67.6 Å². The Morgan fingerprint density at radius 1 is 1.00 bits per heavy atom. The van der Waals surface area contributed by atoms with Crippen LogP contribution in [0, 0.1) is 11.8 Å². The molecule has 1 saturated heterocycles. The van der Waals surface area contributed by atoms with E-state index in [1.54, 1.807) is 0 Å². The number of benzene rings is 2. The van der Waals surface area contributed by atoms with Crippen molar-refractivity contribution in [2.75, 3.05) is 13.2 Å². The molecule has 0 amide bonds. The molecule has 5 heteroatoms. The van der Waals surface area contributed by atoms with E-state index in [2.05, 4.69) is 56.9 Å². The van der Waals surface area contributed by atoms with E-state index in [1.807, 2.05) is 38.1 Å². The topological polar surface area (TPSA) is 61.8 Å². The van der Waals surface area contributed by atoms with Crippen molar-refractivity contribution < 1.29 is 23.8 Å². The maximum atomic E-state index is 12.0. The van der Waals surface area contributed by atoms with Gasteiger partial charge in [0.15, 0.2) is 0 Å². The summed E-state index contributed by atoms with van der Waals surface area (Å²) in [6.07, 6.45) is 0.876. The summed E-state index contributed by atoms with van der Waals surface area (Å²) < 4.78 is 16.2. The molecule has 0 spiro atoms. The van der Waals surface area contributed by atoms with Crippen LogP contribution in [0.15, 0.2) is 59.7 Å². The highest BCUT2D eigenvalue weighted by molar-refractivity contribution is 5.91. The van der Waals surface area contributed by atoms with Crippen LogP contribution in [0.3, 0.4) is 0 Å². The Kier molecular flexibility index (Phi) is 8.76. The van der Waals surface area contributed by atoms with Crippen LogP contribution in [0.1, 0.15) is 70.6 Å². The molecule has 1 fully saturated rings. The number of cyclic esters (lactones) is 1. The zero-order valence-electron chi connectivity index (χ0n) is 21.3. The third-order valence-electron chi connectivity index (χ3n) is 5.74. The van der Waals surface area contributed by atoms with E-state index in [0.29, 0.717) is 25.0 Å². The smallest absolute Gasteiger partial charge is 0.334 e. The van der Waals surface area contributed by atoms with E-state index in [9.17, 15) is 9.59 Å². The second kappa shape index (κ2) is 11.8. The predicted octanol–water partition coefficient (Wildman–Crippen LogP) is 5.74. The van der Waals surface area contributed by atoms with Gasteiger partial charge in [-0.15, -0.1) is 0 Å². The fraction of sp³-hybridized carbons (Fsp3) is 0.400. The highest BCUT2D eigenvalue weighted by Gasteiger charge is 2.30. The number of allylic oxidation sites excluding steroid dienone is 1. The molecule has 1 heterocycles. The molecule has 1 atom stereocenters. The molecule has 35 heavy (non-hydrogen) atoms. The Bertz CT molecular complexity index is 1120. The van der Waals surface area contributed by atoms with E-state index in [-0.39, 0.29) is 30.4 Å². The number of carbonyl (C=O) groups is 2. The molecule has 184 valence electrons. The van der Waals surface area contributed by atoms with Crippen LogP contribution in [0.5, 0.6) is 5.75 Å². The van der Waals surface area contributed by atoms with Crippen molar-refractivity contribution in [1.82, 2.24) is 0 Å². The van der Waals surface area contributed by atoms with Crippen molar-refractivity contribution >= 4 is 11.9 Å². The highest BCUT2D eigenvalue weighted by atomic mass is 16.6. The first-order valence-corrected chi connectivity index (χ1v) is 12.0. The molecule has 1 aliphatic heterocycles. The molecule has 0 saturated carbocycles. The van der Waals surface area contributed by atoms with Crippen LogP contribution in [-0.2, 0) is 24.5 Å². The van der Waals surface area contributed by atoms with Crippen LogP contribution in [-0.4, -0.2) is 31.3 Å². The minimum absolute atomic E-state index is 0.0887. The van der Waals surface area contributed by atoms with Crippen LogP contribution in [0.25, 0.3) is 0 Å². The molecule has 3 rings (SSSR count). The average Bonchev–Trinajstić information content (AvgIpc) is 3.20. The lowest BCUT2D eigenvalue weighted by Gasteiger charge is -2.18. The molecule has 0 aliphatic carbocycles. The molecule has 0 radical (unpaired) electrons. The van der Waals surface area contributed by atoms with Gasteiger partial charge in [-0.25, -0.2) is 4.79 Å². The lowest BCUT2D eigenvalue weighted by molar-refractivity contribution is -0.152. The Morgan fingerprint density at radius 2 is 1.60 bits per heavy atom. The van der Waals surface area contributed by atoms with Gasteiger partial charge in [-0.3, -0.25) is 4.79 Å². The molecule has 1 aliphatic rings. The van der Waals surface area contributed by atoms with Crippen LogP contribution < -0.4 is 4.74 Å². The SMILES string of the molecule is CC(C)=C1CC(COC(=O)CCCOc2ccc(C#Cc3ccc(C(C)(C)C)cc3)cc2)OC1=O. The summed E-state index contributed by atoms with van der Waals surface area (Å²) >= 11 is 0. The molecule has 0 aromatic heterocycles. The minimum Gasteiger partial charge on any atom is -0.494 e. The highest BCUT2D eigenvalue weighted by Crippen LogP contribution is 2.24. The zero-order valence-corrected chi connectivity index (χ0v) is 21.3. The quantitative estimate of drug-likeness (QED) is 0.222. The Labute approximate surface area is 208 Å². The van der Waals surface area contributed by atoms with Crippen LogP contribution in [0.4, 0.5) is 0 Å². The number of hydrogen-bond donors (Lipinski definition) is 0. The second-order valence-corrected chi connectivity index (χ2v) is 9.95. The minimum atomic E-state index is -0.392. The third kappa shape index (κ3) is 8.03. The van der Waals surface area contributed by atoms with Gasteiger partial charge in [0, 0.05) is 29.5 Å². The summed E-state index contributed by atoms with van der Waals surface area (Å²) in [4.78, 5) is 23.7. The van der Waals surface area contributed by atoms with Gasteiger partial charge in [0.25, 0.3) is 0 Å². The summed E-state index contributed by atoms with van der Waals surface area (Å²) in [5, 5.41) is 0. The monoisotopic (exact) mass is 474 g/mol. The summed E-state index contributed by atoms with van der Waals surface area (Å²) in [6, 6.07) is 15.9. The predicted molar refractivity (Wildman–Crippen MR) is 136 cm³/mol. The lowest BCUT2D eigenvalue weighted by Crippen LogP contribution is -2.18. The third-order valence-corrected chi connectivity index (χ3v) is 5.74. The van der Waals surface area contributed by atoms with E-state index in [0.717, 1.165) is 22.4 Å². The first-order valence-electron chi connectivity index (χ1n) is 12.0. The maximum Gasteiger partial charge on any atom is 0.334 e. The Balaban J connectivity index is 1.36. The fourth-order valence-electron chi connectivity index (χ4n) is 3.57. The normalized spacial score (nSPS) is 15.2. The number of carbonyl (C=O) groups excluding carboxylic acids is 2. The van der Waals surface area contributed by atoms with E-state index >= 15 is 0 Å². The largest absolute Gasteiger partial charge is 0.494 e. The second-order valence-electron chi connectivity index (χ2n) is 9.95. The molecule has 1 unspecified atom stereocenters. The molecule has 5 nitrogen and oxygen atoms in total. The van der Waals surface area contributed by atoms with Gasteiger partial charge < -0.3 is 14.2 Å². The maximum absolute atomic E-state index is 12.0. The van der Waals surface area contributed by atoms with Gasteiger partial charge in [0.05, 0.1) is 6.61 Å². The van der Waals surface area contributed by atoms with Gasteiger partial charge in [-0.1, -0.05) is 50.3 Å². The molecular weight excluding hydrogens is 440 g/mol. The molecular formula is C30H34O5. The van der Waals surface area contributed by atoms with Crippen molar-refractivity contribution in [2.24, 2.45) is 0 Å². The van der Waals surface area contributed by atoms with Crippen LogP contribution >= 0.6 is 0 Å². The van der Waals surface area contributed by atoms with Crippen molar-refractivity contribution in [1.29, 1.82) is 0 Å². The fourth-order valence-corrected chi connectivity index (χ4v) is 3.57. The van der Waals surface area contributed by atoms with Crippen molar-refractivity contribution in [2.45, 2.75) is 65.4 Å². The Hall–Kier alpha value is -3.52. The summed E-state index contributed by atoms with van der Waals surface area (Å²) in [7, 11) is 0. The first kappa shape index (κ1) is 26.1. The lowest BCUT2D eigenvalue weighted by atomic mass is 9.87. The summed E-state index contributed by atoms with van der Waals surface area (Å²) in [5.74, 6) is 6.46. The van der Waals surface area contributed by atoms with Crippen LogP contribution in [0.2, 0.25) is 0 Å². The average molecular weight is 475 g/mol. The summed E-state index contributed by atoms with van der Waals surface area (Å²) in [5.41, 5.74) is 4.91. The van der Waals surface area contributed by atoms with Gasteiger partial charge in [-0.2, -0.15) is 0 Å². The standard InChI is InChI=1S/C30H34O5/c1-21(2)27-19-26(35-29(27)32)20-34-28(31)7-6-18-33-25-16-12-23(13-17-25)9-8-22-10-14-24(15-11-22)30(3,4)5/h10-17,26H,6-7,18-20H2,1-5H3. The first-order chi connectivity index (χ1) is 16.6. The molecule has 2 aromatic carbocycles. The number of rotatable bonds is 7. The molecule has 2 aromatic rings. The number of esters is 2. The van der Waals surface area contributed by atoms with Crippen molar-refractivity contribution in [3.05, 3.63) is 76.4 Å². The zero-order chi connectivity index (χ0) is 25.4. The molecule has 0 bridgehead atoms. The van der Waals surface area contributed by atoms with Gasteiger partial charge in [0.1, 0.15) is 18.5 Å². The Morgan fingerprint density at radius 3 is 2.14 bits per heavy atom. The van der Waals surface area contributed by atoms with Gasteiger partial charge >= 0.3 is 11.9 Å². The van der Waals surface area contributed by atoms with E-state index in [4.69, 9.17) is 14.2 Å². The molecule has 0 N–H and O–H groups in total.